The molecule has 0 bridgehead atoms. The monoisotopic (exact) mass is 408 g/mol. The van der Waals surface area contributed by atoms with Crippen molar-refractivity contribution in [3.05, 3.63) is 35.9 Å². The minimum Gasteiger partial charge on any atom is -0.300 e. The molecule has 0 N–H and O–H groups in total. The Morgan fingerprint density at radius 2 is 1.80 bits per heavy atom. The van der Waals surface area contributed by atoms with E-state index in [1.165, 1.54) is 30.4 Å². The second kappa shape index (κ2) is 8.86. The topological polar surface area (TPSA) is 34.1 Å². The first-order valence-electron chi connectivity index (χ1n) is 7.81. The number of rotatable bonds is 6. The lowest BCUT2D eigenvalue weighted by molar-refractivity contribution is -0.118. The van der Waals surface area contributed by atoms with Crippen molar-refractivity contribution in [2.75, 3.05) is 17.3 Å². The van der Waals surface area contributed by atoms with Gasteiger partial charge in [0.1, 0.15) is 9.86 Å². The fourth-order valence-corrected chi connectivity index (χ4v) is 7.32. The molecule has 1 saturated heterocycles. The number of alkyl halides is 3. The van der Waals surface area contributed by atoms with Gasteiger partial charge in [-0.25, -0.2) is 0 Å². The molecule has 1 heterocycles. The highest BCUT2D eigenvalue weighted by Crippen LogP contribution is 2.55. The molecule has 1 aliphatic rings. The molecule has 0 radical (unpaired) electrons. The summed E-state index contributed by atoms with van der Waals surface area (Å²) in [5, 5.41) is -0.491. The van der Waals surface area contributed by atoms with Crippen LogP contribution in [-0.2, 0) is 9.59 Å². The average Bonchev–Trinajstić information content (AvgIpc) is 2.58. The van der Waals surface area contributed by atoms with Crippen molar-refractivity contribution in [1.82, 2.24) is 0 Å². The van der Waals surface area contributed by atoms with Crippen molar-refractivity contribution in [2.24, 2.45) is 0 Å². The maximum atomic E-state index is 12.9. The van der Waals surface area contributed by atoms with Crippen LogP contribution in [0.3, 0.4) is 0 Å². The Morgan fingerprint density at radius 3 is 2.32 bits per heavy atom. The first-order valence-corrected chi connectivity index (χ1v) is 10.8. The van der Waals surface area contributed by atoms with Gasteiger partial charge in [-0.3, -0.25) is 4.79 Å². The van der Waals surface area contributed by atoms with Crippen LogP contribution >= 0.6 is 35.3 Å². The molecule has 0 aliphatic carbocycles. The van der Waals surface area contributed by atoms with E-state index in [2.05, 4.69) is 0 Å². The van der Waals surface area contributed by atoms with Crippen molar-refractivity contribution in [3.63, 3.8) is 0 Å². The third-order valence-corrected chi connectivity index (χ3v) is 8.53. The summed E-state index contributed by atoms with van der Waals surface area (Å²) in [5.41, 5.74) is 0.820. The molecule has 0 spiro atoms. The molecule has 1 unspecified atom stereocenters. The van der Waals surface area contributed by atoms with Gasteiger partial charge >= 0.3 is 6.18 Å². The van der Waals surface area contributed by atoms with E-state index in [1.54, 1.807) is 0 Å². The Morgan fingerprint density at radius 1 is 1.20 bits per heavy atom. The van der Waals surface area contributed by atoms with Gasteiger partial charge in [-0.05, 0) is 30.4 Å². The van der Waals surface area contributed by atoms with Crippen LogP contribution in [0, 0.1) is 0 Å². The summed E-state index contributed by atoms with van der Waals surface area (Å²) in [6.07, 6.45) is -3.35. The van der Waals surface area contributed by atoms with Crippen LogP contribution < -0.4 is 0 Å². The first kappa shape index (κ1) is 20.7. The van der Waals surface area contributed by atoms with Gasteiger partial charge in [0.05, 0.1) is 5.75 Å². The van der Waals surface area contributed by atoms with E-state index in [0.717, 1.165) is 12.0 Å². The maximum Gasteiger partial charge on any atom is 0.398 e. The number of hydrogen-bond acceptors (Lipinski definition) is 5. The van der Waals surface area contributed by atoms with Gasteiger partial charge < -0.3 is 4.79 Å². The SMILES string of the molecule is CC(=O)CC(c1ccccc1)C1(C(=O)SCC(F)(F)F)SCCCS1. The Bertz CT molecular complexity index is 599. The molecular weight excluding hydrogens is 389 g/mol. The summed E-state index contributed by atoms with van der Waals surface area (Å²) in [6.45, 7) is 1.45. The van der Waals surface area contributed by atoms with Gasteiger partial charge in [0, 0.05) is 12.3 Å². The number of benzene rings is 1. The average molecular weight is 409 g/mol. The van der Waals surface area contributed by atoms with E-state index >= 15 is 0 Å². The minimum atomic E-state index is -4.39. The number of carbonyl (C=O) groups excluding carboxylic acids is 2. The van der Waals surface area contributed by atoms with Crippen LogP contribution in [0.4, 0.5) is 13.2 Å². The normalized spacial score (nSPS) is 18.6. The van der Waals surface area contributed by atoms with E-state index in [9.17, 15) is 22.8 Å². The molecular formula is C17H19F3O2S3. The molecule has 8 heteroatoms. The van der Waals surface area contributed by atoms with E-state index < -0.39 is 27.0 Å². The van der Waals surface area contributed by atoms with Gasteiger partial charge in [-0.1, -0.05) is 42.1 Å². The molecule has 25 heavy (non-hydrogen) atoms. The van der Waals surface area contributed by atoms with Crippen molar-refractivity contribution in [2.45, 2.75) is 35.9 Å². The van der Waals surface area contributed by atoms with Crippen LogP contribution in [0.25, 0.3) is 0 Å². The fourth-order valence-electron chi connectivity index (χ4n) is 2.70. The highest BCUT2D eigenvalue weighted by molar-refractivity contribution is 8.25. The van der Waals surface area contributed by atoms with Gasteiger partial charge in [0.2, 0.25) is 5.12 Å². The molecule has 1 aliphatic heterocycles. The van der Waals surface area contributed by atoms with Crippen molar-refractivity contribution >= 4 is 46.2 Å². The molecule has 1 atom stereocenters. The largest absolute Gasteiger partial charge is 0.398 e. The van der Waals surface area contributed by atoms with Gasteiger partial charge in [0.15, 0.2) is 0 Å². The number of thioether (sulfide) groups is 3. The predicted molar refractivity (Wildman–Crippen MR) is 100 cm³/mol. The third-order valence-electron chi connectivity index (χ3n) is 3.73. The number of Topliss-reactive ketones (excluding diaryl/α,β-unsaturated/α-hetero) is 1. The van der Waals surface area contributed by atoms with Crippen LogP contribution in [-0.4, -0.2) is 38.4 Å². The van der Waals surface area contributed by atoms with Crippen LogP contribution in [0.5, 0.6) is 0 Å². The molecule has 1 aromatic carbocycles. The lowest BCUT2D eigenvalue weighted by atomic mass is 9.90. The zero-order valence-electron chi connectivity index (χ0n) is 13.7. The standard InChI is InChI=1S/C17H19F3O2S3/c1-12(21)10-14(13-6-3-2-4-7-13)17(24-8-5-9-25-17)15(22)23-11-16(18,19)20/h2-4,6-7,14H,5,8-11H2,1H3. The Labute approximate surface area is 158 Å². The quantitative estimate of drug-likeness (QED) is 0.651. The van der Waals surface area contributed by atoms with Crippen LogP contribution in [0.1, 0.15) is 31.2 Å². The summed E-state index contributed by atoms with van der Waals surface area (Å²) in [6, 6.07) is 9.16. The van der Waals surface area contributed by atoms with Crippen LogP contribution in [0.2, 0.25) is 0 Å². The van der Waals surface area contributed by atoms with Crippen molar-refractivity contribution < 1.29 is 22.8 Å². The van der Waals surface area contributed by atoms with Crippen molar-refractivity contribution in [3.8, 4) is 0 Å². The summed E-state index contributed by atoms with van der Waals surface area (Å²) in [5.74, 6) is -0.307. The maximum absolute atomic E-state index is 12.9. The summed E-state index contributed by atoms with van der Waals surface area (Å²) in [4.78, 5) is 24.7. The molecule has 1 aromatic rings. The lowest BCUT2D eigenvalue weighted by Gasteiger charge is -2.40. The molecule has 0 saturated carbocycles. The Balaban J connectivity index is 2.37. The number of halogens is 3. The number of carbonyl (C=O) groups is 2. The van der Waals surface area contributed by atoms with Gasteiger partial charge in [0.25, 0.3) is 0 Å². The summed E-state index contributed by atoms with van der Waals surface area (Å²) >= 11 is 3.10. The third kappa shape index (κ3) is 5.69. The smallest absolute Gasteiger partial charge is 0.300 e. The molecule has 1 fully saturated rings. The zero-order chi connectivity index (χ0) is 18.5. The second-order valence-electron chi connectivity index (χ2n) is 5.78. The highest BCUT2D eigenvalue weighted by atomic mass is 32.2. The van der Waals surface area contributed by atoms with E-state index in [1.807, 2.05) is 30.3 Å². The van der Waals surface area contributed by atoms with E-state index in [4.69, 9.17) is 0 Å². The molecule has 0 amide bonds. The van der Waals surface area contributed by atoms with Crippen LogP contribution in [0.15, 0.2) is 30.3 Å². The molecule has 0 aromatic heterocycles. The zero-order valence-corrected chi connectivity index (χ0v) is 16.1. The molecule has 2 rings (SSSR count). The lowest BCUT2D eigenvalue weighted by Crippen LogP contribution is -2.41. The van der Waals surface area contributed by atoms with Gasteiger partial charge in [-0.15, -0.1) is 23.5 Å². The second-order valence-corrected chi connectivity index (χ2v) is 9.67. The van der Waals surface area contributed by atoms with Gasteiger partial charge in [-0.2, -0.15) is 13.2 Å². The first-order chi connectivity index (χ1) is 11.7. The summed E-state index contributed by atoms with van der Waals surface area (Å²) in [7, 11) is 0. The predicted octanol–water partition coefficient (Wildman–Crippen LogP) is 5.14. The molecule has 2 nitrogen and oxygen atoms in total. The Kier molecular flexibility index (Phi) is 7.34. The highest BCUT2D eigenvalue weighted by Gasteiger charge is 2.49. The van der Waals surface area contributed by atoms with E-state index in [-0.39, 0.29) is 12.2 Å². The van der Waals surface area contributed by atoms with Crippen molar-refractivity contribution in [1.29, 1.82) is 0 Å². The fraction of sp³-hybridized carbons (Fsp3) is 0.529. The minimum absolute atomic E-state index is 0.0753. The molecule has 138 valence electrons. The van der Waals surface area contributed by atoms with E-state index in [0.29, 0.717) is 23.3 Å². The number of hydrogen-bond donors (Lipinski definition) is 0. The Hall–Kier alpha value is -0.600. The summed E-state index contributed by atoms with van der Waals surface area (Å²) < 4.78 is 36.7. The number of ketones is 1.